The van der Waals surface area contributed by atoms with Crippen LogP contribution < -0.4 is 0 Å². The van der Waals surface area contributed by atoms with Gasteiger partial charge in [0.05, 0.1) is 0 Å². The molecule has 1 heteroatoms. The molecule has 0 amide bonds. The van der Waals surface area contributed by atoms with E-state index >= 15 is 0 Å². The molecule has 15 heavy (non-hydrogen) atoms. The molecule has 0 aromatic rings. The zero-order chi connectivity index (χ0) is 11.2. The van der Waals surface area contributed by atoms with E-state index in [1.54, 1.807) is 0 Å². The van der Waals surface area contributed by atoms with Gasteiger partial charge in [-0.05, 0) is 16.9 Å². The molecule has 0 bridgehead atoms. The van der Waals surface area contributed by atoms with Gasteiger partial charge in [0.25, 0.3) is 0 Å². The molecule has 0 rings (SSSR count). The maximum atomic E-state index is 2.30. The molecule has 0 N–H and O–H groups in total. The maximum Gasteiger partial charge on any atom is -0.0274 e. The molecule has 0 heterocycles. The van der Waals surface area contributed by atoms with Gasteiger partial charge in [-0.2, -0.15) is 0 Å². The summed E-state index contributed by atoms with van der Waals surface area (Å²) in [4.78, 5) is 0. The van der Waals surface area contributed by atoms with Crippen molar-refractivity contribution in [3.8, 4) is 0 Å². The lowest BCUT2D eigenvalue weighted by atomic mass is 10.1. The monoisotopic (exact) mass is 322 g/mol. The second kappa shape index (κ2) is 14.5. The van der Waals surface area contributed by atoms with Crippen LogP contribution in [0, 0.1) is 0 Å². The Bertz CT molecular complexity index is 129. The van der Waals surface area contributed by atoms with Gasteiger partial charge in [-0.1, -0.05) is 93.4 Å². The Morgan fingerprint density at radius 3 is 1.67 bits per heavy atom. The van der Waals surface area contributed by atoms with Gasteiger partial charge in [-0.25, -0.2) is 0 Å². The summed E-state index contributed by atoms with van der Waals surface area (Å²) < 4.78 is 2.13. The lowest BCUT2D eigenvalue weighted by Gasteiger charge is -2.01. The van der Waals surface area contributed by atoms with Gasteiger partial charge in [0, 0.05) is 0 Å². The average Bonchev–Trinajstić information content (AvgIpc) is 2.26. The summed E-state index contributed by atoms with van der Waals surface area (Å²) in [6, 6.07) is 0. The highest BCUT2D eigenvalue weighted by Gasteiger charge is 1.91. The topological polar surface area (TPSA) is 0 Å². The largest absolute Gasteiger partial charge is 0.0785 e. The van der Waals surface area contributed by atoms with E-state index in [1.165, 1.54) is 70.6 Å². The van der Waals surface area contributed by atoms with Crippen molar-refractivity contribution in [3.63, 3.8) is 0 Å². The average molecular weight is 322 g/mol. The smallest absolute Gasteiger partial charge is 0.0274 e. The Labute approximate surface area is 110 Å². The molecule has 0 atom stereocenters. The molecule has 0 saturated heterocycles. The summed E-state index contributed by atoms with van der Waals surface area (Å²) in [7, 11) is 0. The summed E-state index contributed by atoms with van der Waals surface area (Å²) in [5, 5.41) is 0. The summed E-state index contributed by atoms with van der Waals surface area (Å²) in [5.74, 6) is 0. The van der Waals surface area contributed by atoms with E-state index in [0.29, 0.717) is 0 Å². The van der Waals surface area contributed by atoms with Crippen LogP contribution >= 0.6 is 22.6 Å². The van der Waals surface area contributed by atoms with Crippen molar-refractivity contribution in [2.45, 2.75) is 77.6 Å². The summed E-state index contributed by atoms with van der Waals surface area (Å²) in [6.45, 7) is 2.28. The predicted molar refractivity (Wildman–Crippen MR) is 79.6 cm³/mol. The molecule has 0 fully saturated rings. The van der Waals surface area contributed by atoms with Gasteiger partial charge in [-0.15, -0.1) is 0 Å². The first-order valence-electron chi connectivity index (χ1n) is 6.67. The van der Waals surface area contributed by atoms with E-state index in [1.807, 2.05) is 0 Å². The number of allylic oxidation sites excluding steroid dienone is 1. The molecule has 0 unspecified atom stereocenters. The second-order valence-electron chi connectivity index (χ2n) is 4.33. The summed E-state index contributed by atoms with van der Waals surface area (Å²) in [6.07, 6.45) is 17.9. The Morgan fingerprint density at radius 2 is 1.20 bits per heavy atom. The van der Waals surface area contributed by atoms with Crippen LogP contribution in [0.15, 0.2) is 10.2 Å². The lowest BCUT2D eigenvalue weighted by molar-refractivity contribution is 0.558. The maximum absolute atomic E-state index is 2.30. The van der Waals surface area contributed by atoms with E-state index in [2.05, 4.69) is 39.7 Å². The Kier molecular flexibility index (Phi) is 14.9. The van der Waals surface area contributed by atoms with E-state index in [0.717, 1.165) is 0 Å². The number of rotatable bonds is 11. The minimum absolute atomic E-state index is 1.28. The van der Waals surface area contributed by atoms with Gasteiger partial charge >= 0.3 is 0 Å². The summed E-state index contributed by atoms with van der Waals surface area (Å²) in [5.41, 5.74) is 0. The van der Waals surface area contributed by atoms with Crippen molar-refractivity contribution < 1.29 is 0 Å². The van der Waals surface area contributed by atoms with Crippen LogP contribution in [0.4, 0.5) is 0 Å². The molecule has 0 aliphatic heterocycles. The minimum atomic E-state index is 1.28. The fourth-order valence-electron chi connectivity index (χ4n) is 1.81. The van der Waals surface area contributed by atoms with Gasteiger partial charge in [0.15, 0.2) is 0 Å². The van der Waals surface area contributed by atoms with Crippen molar-refractivity contribution in [3.05, 3.63) is 10.2 Å². The quantitative estimate of drug-likeness (QED) is 0.312. The van der Waals surface area contributed by atoms with E-state index in [4.69, 9.17) is 0 Å². The van der Waals surface area contributed by atoms with Gasteiger partial charge in [-0.3, -0.25) is 0 Å². The predicted octanol–water partition coefficient (Wildman–Crippen LogP) is 6.25. The van der Waals surface area contributed by atoms with Crippen LogP contribution in [0.1, 0.15) is 77.6 Å². The molecule has 0 radical (unpaired) electrons. The van der Waals surface area contributed by atoms with Crippen molar-refractivity contribution in [2.75, 3.05) is 0 Å². The van der Waals surface area contributed by atoms with Gasteiger partial charge in [0.1, 0.15) is 0 Å². The summed E-state index contributed by atoms with van der Waals surface area (Å²) >= 11 is 2.30. The Morgan fingerprint density at radius 1 is 0.733 bits per heavy atom. The van der Waals surface area contributed by atoms with Crippen molar-refractivity contribution in [2.24, 2.45) is 0 Å². The van der Waals surface area contributed by atoms with Crippen LogP contribution in [-0.4, -0.2) is 0 Å². The molecule has 0 aromatic heterocycles. The molecule has 0 aromatic carbocycles. The fourth-order valence-corrected chi connectivity index (χ4v) is 2.17. The molecular formula is C14H27I. The highest BCUT2D eigenvalue weighted by atomic mass is 127. The highest BCUT2D eigenvalue weighted by Crippen LogP contribution is 2.11. The van der Waals surface area contributed by atoms with Crippen molar-refractivity contribution >= 4 is 22.6 Å². The third-order valence-electron chi connectivity index (χ3n) is 2.81. The zero-order valence-corrected chi connectivity index (χ0v) is 12.5. The van der Waals surface area contributed by atoms with Crippen LogP contribution in [0.5, 0.6) is 0 Å². The SMILES string of the molecule is CCCCCCCCCCCCC=CI. The lowest BCUT2D eigenvalue weighted by Crippen LogP contribution is -1.81. The molecule has 0 aliphatic carbocycles. The Hall–Kier alpha value is 0.470. The van der Waals surface area contributed by atoms with Crippen molar-refractivity contribution in [1.29, 1.82) is 0 Å². The minimum Gasteiger partial charge on any atom is -0.0785 e. The van der Waals surface area contributed by atoms with Crippen molar-refractivity contribution in [1.82, 2.24) is 0 Å². The van der Waals surface area contributed by atoms with E-state index in [9.17, 15) is 0 Å². The van der Waals surface area contributed by atoms with E-state index < -0.39 is 0 Å². The number of unbranched alkanes of at least 4 members (excludes halogenated alkanes) is 10. The van der Waals surface area contributed by atoms with Crippen LogP contribution in [0.3, 0.4) is 0 Å². The normalized spacial score (nSPS) is 11.3. The first-order chi connectivity index (χ1) is 7.41. The van der Waals surface area contributed by atoms with Crippen LogP contribution in [-0.2, 0) is 0 Å². The third kappa shape index (κ3) is 14.5. The standard InChI is InChI=1S/C14H27I/c1-2-3-4-5-6-7-8-9-10-11-12-13-14-15/h13-14H,2-12H2,1H3. The first kappa shape index (κ1) is 15.5. The molecule has 0 nitrogen and oxygen atoms in total. The molecule has 90 valence electrons. The first-order valence-corrected chi connectivity index (χ1v) is 7.91. The number of halogens is 1. The van der Waals surface area contributed by atoms with Crippen LogP contribution in [0.25, 0.3) is 0 Å². The zero-order valence-electron chi connectivity index (χ0n) is 10.3. The third-order valence-corrected chi connectivity index (χ3v) is 3.32. The van der Waals surface area contributed by atoms with Gasteiger partial charge < -0.3 is 0 Å². The number of hydrogen-bond acceptors (Lipinski definition) is 0. The molecular weight excluding hydrogens is 295 g/mol. The van der Waals surface area contributed by atoms with E-state index in [-0.39, 0.29) is 0 Å². The molecule has 0 saturated carbocycles. The van der Waals surface area contributed by atoms with Crippen LogP contribution in [0.2, 0.25) is 0 Å². The molecule has 0 aliphatic rings. The Balaban J connectivity index is 2.86. The molecule has 0 spiro atoms. The fraction of sp³-hybridized carbons (Fsp3) is 0.857. The number of hydrogen-bond donors (Lipinski definition) is 0. The second-order valence-corrected chi connectivity index (χ2v) is 5.05. The van der Waals surface area contributed by atoms with Gasteiger partial charge in [0.2, 0.25) is 0 Å². The highest BCUT2D eigenvalue weighted by molar-refractivity contribution is 14.1.